The van der Waals surface area contributed by atoms with Crippen LogP contribution in [0.4, 0.5) is 11.4 Å². The Labute approximate surface area is 306 Å². The Morgan fingerprint density at radius 2 is 1.43 bits per heavy atom. The van der Waals surface area contributed by atoms with E-state index in [-0.39, 0.29) is 11.6 Å². The number of rotatable bonds is 13. The third-order valence-electron chi connectivity index (χ3n) is 7.69. The van der Waals surface area contributed by atoms with Gasteiger partial charge in [-0.05, 0) is 66.6 Å². The molecule has 0 aliphatic carbocycles. The summed E-state index contributed by atoms with van der Waals surface area (Å²) in [4.78, 5) is 41.7. The summed E-state index contributed by atoms with van der Waals surface area (Å²) in [6, 6.07) is 33.8. The Hall–Kier alpha value is -5.71. The fourth-order valence-corrected chi connectivity index (χ4v) is 6.37. The summed E-state index contributed by atoms with van der Waals surface area (Å²) in [7, 11) is 4.53. The fraction of sp³-hybridized carbons (Fsp3) is 0.125. The molecule has 0 saturated carbocycles. The van der Waals surface area contributed by atoms with Crippen LogP contribution in [-0.2, 0) is 9.59 Å². The molecule has 3 amide bonds. The van der Waals surface area contributed by atoms with Crippen LogP contribution in [0.1, 0.15) is 32.3 Å². The average molecular weight is 722 g/mol. The number of carbonyl (C=O) groups excluding carboxylic acids is 3. The Kier molecular flexibility index (Phi) is 12.4. The number of ether oxygens (including phenoxy) is 3. The molecule has 0 fully saturated rings. The van der Waals surface area contributed by atoms with E-state index in [0.29, 0.717) is 49.7 Å². The Balaban J connectivity index is 1.43. The number of halogens is 1. The van der Waals surface area contributed by atoms with E-state index in [2.05, 4.69) is 16.0 Å². The summed E-state index contributed by atoms with van der Waals surface area (Å²) < 4.78 is 16.5. The quantitative estimate of drug-likeness (QED) is 0.0825. The second-order valence-electron chi connectivity index (χ2n) is 11.1. The Morgan fingerprint density at radius 3 is 2.12 bits per heavy atom. The van der Waals surface area contributed by atoms with E-state index < -0.39 is 17.1 Å². The summed E-state index contributed by atoms with van der Waals surface area (Å²) in [6.45, 7) is 1.85. The van der Waals surface area contributed by atoms with Crippen LogP contribution in [-0.4, -0.2) is 39.1 Å². The van der Waals surface area contributed by atoms with Crippen molar-refractivity contribution in [3.63, 3.8) is 0 Å². The number of hydrogen-bond acceptors (Lipinski definition) is 7. The SMILES string of the molecule is COc1cc(Cl)c(C)cc1NC(=O)C(Sc1cccc(NC(=O)/C(=C\c2cccc(OC)c2OC)NC(=O)c2ccccc2)c1)c1ccccc1. The number of methoxy groups -OCH3 is 3. The van der Waals surface area contributed by atoms with Gasteiger partial charge in [-0.2, -0.15) is 0 Å². The van der Waals surface area contributed by atoms with Gasteiger partial charge in [0.05, 0.1) is 27.0 Å². The zero-order valence-corrected chi connectivity index (χ0v) is 29.9. The lowest BCUT2D eigenvalue weighted by Gasteiger charge is -2.19. The van der Waals surface area contributed by atoms with Crippen molar-refractivity contribution < 1.29 is 28.6 Å². The molecule has 5 aromatic rings. The standard InChI is InChI=1S/C40H36ClN3O6S/c1-25-21-32(35(49-3)24-31(25)41)43-40(47)37(26-13-7-5-8-14-26)51-30-19-12-18-29(23-30)42-39(46)33(44-38(45)27-15-9-6-10-16-27)22-28-17-11-20-34(48-2)36(28)50-4/h5-24,37H,1-4H3,(H,42,46)(H,43,47)(H,44,45)/b33-22+. The lowest BCUT2D eigenvalue weighted by atomic mass is 10.1. The number of carbonyl (C=O) groups is 3. The second kappa shape index (κ2) is 17.3. The molecular formula is C40H36ClN3O6S. The van der Waals surface area contributed by atoms with Gasteiger partial charge in [0.25, 0.3) is 11.8 Å². The normalized spacial score (nSPS) is 11.6. The van der Waals surface area contributed by atoms with Crippen LogP contribution in [0.3, 0.4) is 0 Å². The minimum Gasteiger partial charge on any atom is -0.495 e. The number of para-hydroxylation sites is 1. The summed E-state index contributed by atoms with van der Waals surface area (Å²) in [6.07, 6.45) is 1.53. The number of thioether (sulfide) groups is 1. The molecule has 0 aliphatic heterocycles. The van der Waals surface area contributed by atoms with Crippen molar-refractivity contribution in [1.82, 2.24) is 5.32 Å². The van der Waals surface area contributed by atoms with E-state index in [9.17, 15) is 14.4 Å². The maximum Gasteiger partial charge on any atom is 0.272 e. The van der Waals surface area contributed by atoms with Crippen LogP contribution in [0.15, 0.2) is 126 Å². The van der Waals surface area contributed by atoms with Crippen molar-refractivity contribution in [2.45, 2.75) is 17.1 Å². The molecule has 1 unspecified atom stereocenters. The number of aryl methyl sites for hydroxylation is 1. The largest absolute Gasteiger partial charge is 0.495 e. The van der Waals surface area contributed by atoms with Crippen LogP contribution in [0, 0.1) is 6.92 Å². The van der Waals surface area contributed by atoms with E-state index in [0.717, 1.165) is 11.1 Å². The van der Waals surface area contributed by atoms with Gasteiger partial charge >= 0.3 is 0 Å². The molecule has 0 bridgehead atoms. The van der Waals surface area contributed by atoms with Crippen molar-refractivity contribution in [2.24, 2.45) is 0 Å². The van der Waals surface area contributed by atoms with Crippen molar-refractivity contribution in [2.75, 3.05) is 32.0 Å². The van der Waals surface area contributed by atoms with E-state index in [4.69, 9.17) is 25.8 Å². The second-order valence-corrected chi connectivity index (χ2v) is 12.7. The lowest BCUT2D eigenvalue weighted by Crippen LogP contribution is -2.30. The smallest absolute Gasteiger partial charge is 0.272 e. The molecule has 51 heavy (non-hydrogen) atoms. The lowest BCUT2D eigenvalue weighted by molar-refractivity contribution is -0.116. The highest BCUT2D eigenvalue weighted by molar-refractivity contribution is 8.00. The Bertz CT molecular complexity index is 2060. The maximum atomic E-state index is 13.9. The van der Waals surface area contributed by atoms with Crippen LogP contribution in [0.25, 0.3) is 6.08 Å². The van der Waals surface area contributed by atoms with Gasteiger partial charge in [-0.1, -0.05) is 78.3 Å². The molecule has 5 aromatic carbocycles. The van der Waals surface area contributed by atoms with Crippen LogP contribution >= 0.6 is 23.4 Å². The molecule has 260 valence electrons. The third-order valence-corrected chi connectivity index (χ3v) is 9.34. The average Bonchev–Trinajstić information content (AvgIpc) is 3.15. The van der Waals surface area contributed by atoms with Gasteiger partial charge in [0.2, 0.25) is 5.91 Å². The first-order chi connectivity index (χ1) is 24.7. The van der Waals surface area contributed by atoms with E-state index in [1.165, 1.54) is 39.2 Å². The monoisotopic (exact) mass is 721 g/mol. The van der Waals surface area contributed by atoms with Gasteiger partial charge in [0.15, 0.2) is 11.5 Å². The molecular weight excluding hydrogens is 686 g/mol. The minimum absolute atomic E-state index is 0.0257. The number of hydrogen-bond donors (Lipinski definition) is 3. The number of nitrogens with one attached hydrogen (secondary N) is 3. The predicted octanol–water partition coefficient (Wildman–Crippen LogP) is 8.56. The molecule has 11 heteroatoms. The van der Waals surface area contributed by atoms with Crippen LogP contribution < -0.4 is 30.2 Å². The highest BCUT2D eigenvalue weighted by Gasteiger charge is 2.24. The van der Waals surface area contributed by atoms with Crippen LogP contribution in [0.2, 0.25) is 5.02 Å². The minimum atomic E-state index is -0.668. The highest BCUT2D eigenvalue weighted by atomic mass is 35.5. The van der Waals surface area contributed by atoms with Crippen LogP contribution in [0.5, 0.6) is 17.2 Å². The van der Waals surface area contributed by atoms with Crippen molar-refractivity contribution in [1.29, 1.82) is 0 Å². The molecule has 0 spiro atoms. The topological polar surface area (TPSA) is 115 Å². The first-order valence-electron chi connectivity index (χ1n) is 15.8. The van der Waals surface area contributed by atoms with Crippen molar-refractivity contribution in [3.8, 4) is 17.2 Å². The number of anilines is 2. The number of benzene rings is 5. The number of amides is 3. The van der Waals surface area contributed by atoms with Gasteiger partial charge in [-0.15, -0.1) is 11.8 Å². The van der Waals surface area contributed by atoms with Gasteiger partial charge in [0, 0.05) is 32.8 Å². The summed E-state index contributed by atoms with van der Waals surface area (Å²) in [5.74, 6) is -0.0145. The van der Waals surface area contributed by atoms with Crippen molar-refractivity contribution in [3.05, 3.63) is 148 Å². The summed E-state index contributed by atoms with van der Waals surface area (Å²) in [5, 5.41) is 8.51. The van der Waals surface area contributed by atoms with E-state index in [1.807, 2.05) is 43.3 Å². The predicted molar refractivity (Wildman–Crippen MR) is 203 cm³/mol. The molecule has 9 nitrogen and oxygen atoms in total. The van der Waals surface area contributed by atoms with Crippen molar-refractivity contribution >= 4 is 58.5 Å². The third kappa shape index (κ3) is 9.30. The fourth-order valence-electron chi connectivity index (χ4n) is 5.13. The molecule has 0 saturated heterocycles. The van der Waals surface area contributed by atoms with Gasteiger partial charge in [-0.3, -0.25) is 14.4 Å². The highest BCUT2D eigenvalue weighted by Crippen LogP contribution is 2.39. The first-order valence-corrected chi connectivity index (χ1v) is 17.0. The molecule has 0 aliphatic rings. The maximum absolute atomic E-state index is 13.9. The molecule has 0 heterocycles. The molecule has 1 atom stereocenters. The summed E-state index contributed by atoms with van der Waals surface area (Å²) in [5.41, 5.74) is 3.38. The Morgan fingerprint density at radius 1 is 0.745 bits per heavy atom. The molecule has 0 radical (unpaired) electrons. The van der Waals surface area contributed by atoms with Gasteiger partial charge in [0.1, 0.15) is 16.7 Å². The van der Waals surface area contributed by atoms with E-state index >= 15 is 0 Å². The molecule has 5 rings (SSSR count). The van der Waals surface area contributed by atoms with Gasteiger partial charge in [-0.25, -0.2) is 0 Å². The zero-order valence-electron chi connectivity index (χ0n) is 28.4. The molecule has 0 aromatic heterocycles. The first kappa shape index (κ1) is 36.6. The van der Waals surface area contributed by atoms with Gasteiger partial charge < -0.3 is 30.2 Å². The van der Waals surface area contributed by atoms with E-state index in [1.54, 1.807) is 78.9 Å². The zero-order chi connectivity index (χ0) is 36.3. The molecule has 3 N–H and O–H groups in total. The summed E-state index contributed by atoms with van der Waals surface area (Å²) >= 11 is 7.61.